The first-order chi connectivity index (χ1) is 7.61. The van der Waals surface area contributed by atoms with E-state index >= 15 is 0 Å². The molecule has 0 radical (unpaired) electrons. The molecule has 0 aromatic heterocycles. The molecule has 84 valence electrons. The number of benzene rings is 1. The van der Waals surface area contributed by atoms with Gasteiger partial charge in [-0.05, 0) is 25.1 Å². The molecule has 16 heavy (non-hydrogen) atoms. The molecule has 0 spiro atoms. The van der Waals surface area contributed by atoms with Crippen LogP contribution in [0.5, 0.6) is 5.75 Å². The number of amides is 1. The summed E-state index contributed by atoms with van der Waals surface area (Å²) in [7, 11) is 0. The van der Waals surface area contributed by atoms with E-state index in [-0.39, 0.29) is 17.0 Å². The lowest BCUT2D eigenvalue weighted by Gasteiger charge is -2.23. The molecule has 4 nitrogen and oxygen atoms in total. The summed E-state index contributed by atoms with van der Waals surface area (Å²) in [4.78, 5) is 22.8. The summed E-state index contributed by atoms with van der Waals surface area (Å²) in [5.41, 5.74) is 1.10. The highest BCUT2D eigenvalue weighted by atomic mass is 79.9. The van der Waals surface area contributed by atoms with Crippen molar-refractivity contribution < 1.29 is 14.3 Å². The molecule has 5 heteroatoms. The minimum atomic E-state index is -0.495. The standard InChI is InChI=1S/C11H10BrNO3/c1-6-11(15)13-8-4-7(9(14)5-12)2-3-10(8)16-6/h2-4,6H,5H2,1H3,(H,13,15)/t6-/m0/s1. The van der Waals surface area contributed by atoms with Gasteiger partial charge in [-0.15, -0.1) is 0 Å². The number of carbonyl (C=O) groups excluding carboxylic acids is 2. The first-order valence-corrected chi connectivity index (χ1v) is 5.94. The zero-order chi connectivity index (χ0) is 11.7. The number of ether oxygens (including phenoxy) is 1. The Morgan fingerprint density at radius 1 is 1.56 bits per heavy atom. The maximum absolute atomic E-state index is 11.4. The van der Waals surface area contributed by atoms with Crippen molar-refractivity contribution in [2.24, 2.45) is 0 Å². The Kier molecular flexibility index (Phi) is 2.96. The number of ketones is 1. The first kappa shape index (κ1) is 11.1. The van der Waals surface area contributed by atoms with Crippen molar-refractivity contribution >= 4 is 33.3 Å². The number of anilines is 1. The highest BCUT2D eigenvalue weighted by molar-refractivity contribution is 9.09. The molecule has 1 aliphatic rings. The molecular weight excluding hydrogens is 274 g/mol. The molecule has 1 atom stereocenters. The van der Waals surface area contributed by atoms with Gasteiger partial charge in [-0.2, -0.15) is 0 Å². The summed E-state index contributed by atoms with van der Waals surface area (Å²) in [6, 6.07) is 5.01. The minimum absolute atomic E-state index is 0.0318. The molecule has 1 aliphatic heterocycles. The maximum Gasteiger partial charge on any atom is 0.265 e. The fourth-order valence-electron chi connectivity index (χ4n) is 1.46. The van der Waals surface area contributed by atoms with Crippen molar-refractivity contribution in [1.82, 2.24) is 0 Å². The predicted octanol–water partition coefficient (Wildman–Crippen LogP) is 1.98. The van der Waals surface area contributed by atoms with Gasteiger partial charge in [-0.25, -0.2) is 0 Å². The van der Waals surface area contributed by atoms with Crippen LogP contribution in [0.25, 0.3) is 0 Å². The molecule has 1 aromatic rings. The molecule has 1 amide bonds. The molecule has 0 unspecified atom stereocenters. The smallest absolute Gasteiger partial charge is 0.265 e. The summed E-state index contributed by atoms with van der Waals surface area (Å²) in [6.07, 6.45) is -0.495. The van der Waals surface area contributed by atoms with Gasteiger partial charge in [0.05, 0.1) is 11.0 Å². The minimum Gasteiger partial charge on any atom is -0.479 e. The van der Waals surface area contributed by atoms with Crippen molar-refractivity contribution in [3.8, 4) is 5.75 Å². The molecular formula is C11H10BrNO3. The van der Waals surface area contributed by atoms with Gasteiger partial charge in [0.2, 0.25) is 0 Å². The van der Waals surface area contributed by atoms with Crippen LogP contribution >= 0.6 is 15.9 Å². The van der Waals surface area contributed by atoms with Crippen molar-refractivity contribution in [2.45, 2.75) is 13.0 Å². The largest absolute Gasteiger partial charge is 0.479 e. The number of nitrogens with one attached hydrogen (secondary N) is 1. The van der Waals surface area contributed by atoms with Crippen LogP contribution in [0, 0.1) is 0 Å². The number of rotatable bonds is 2. The number of hydrogen-bond acceptors (Lipinski definition) is 3. The second-order valence-corrected chi connectivity index (χ2v) is 4.08. The molecule has 1 N–H and O–H groups in total. The lowest BCUT2D eigenvalue weighted by Crippen LogP contribution is -2.34. The number of fused-ring (bicyclic) bond motifs is 1. The van der Waals surface area contributed by atoms with Gasteiger partial charge in [0.25, 0.3) is 5.91 Å². The molecule has 2 rings (SSSR count). The molecule has 0 saturated carbocycles. The Labute approximate surface area is 101 Å². The van der Waals surface area contributed by atoms with Crippen LogP contribution in [0.1, 0.15) is 17.3 Å². The highest BCUT2D eigenvalue weighted by Gasteiger charge is 2.23. The van der Waals surface area contributed by atoms with Gasteiger partial charge in [-0.3, -0.25) is 9.59 Å². The van der Waals surface area contributed by atoms with E-state index in [1.165, 1.54) is 0 Å². The van der Waals surface area contributed by atoms with Crippen LogP contribution in [0.2, 0.25) is 0 Å². The van der Waals surface area contributed by atoms with Gasteiger partial charge in [0.1, 0.15) is 5.75 Å². The van der Waals surface area contributed by atoms with Crippen LogP contribution in [0.15, 0.2) is 18.2 Å². The van der Waals surface area contributed by atoms with E-state index in [4.69, 9.17) is 4.74 Å². The van der Waals surface area contributed by atoms with E-state index in [9.17, 15) is 9.59 Å². The quantitative estimate of drug-likeness (QED) is 0.667. The summed E-state index contributed by atoms with van der Waals surface area (Å²) in [5, 5.41) is 2.96. The topological polar surface area (TPSA) is 55.4 Å². The van der Waals surface area contributed by atoms with Crippen LogP contribution in [0.4, 0.5) is 5.69 Å². The van der Waals surface area contributed by atoms with Crippen molar-refractivity contribution in [2.75, 3.05) is 10.6 Å². The lowest BCUT2D eigenvalue weighted by atomic mass is 10.1. The molecule has 0 aliphatic carbocycles. The second kappa shape index (κ2) is 4.25. The molecule has 0 bridgehead atoms. The summed E-state index contributed by atoms with van der Waals surface area (Å²) in [6.45, 7) is 1.68. The fraction of sp³-hybridized carbons (Fsp3) is 0.273. The van der Waals surface area contributed by atoms with E-state index in [0.717, 1.165) is 0 Å². The van der Waals surface area contributed by atoms with E-state index in [1.54, 1.807) is 25.1 Å². The third-order valence-corrected chi connectivity index (χ3v) is 2.86. The van der Waals surface area contributed by atoms with Gasteiger partial charge in [0.15, 0.2) is 11.9 Å². The third-order valence-electron chi connectivity index (χ3n) is 2.35. The van der Waals surface area contributed by atoms with Crippen molar-refractivity contribution in [3.63, 3.8) is 0 Å². The lowest BCUT2D eigenvalue weighted by molar-refractivity contribution is -0.122. The number of carbonyl (C=O) groups is 2. The first-order valence-electron chi connectivity index (χ1n) is 4.82. The third kappa shape index (κ3) is 1.95. The van der Waals surface area contributed by atoms with Gasteiger partial charge < -0.3 is 10.1 Å². The Hall–Kier alpha value is -1.36. The van der Waals surface area contributed by atoms with E-state index in [0.29, 0.717) is 17.0 Å². The summed E-state index contributed by atoms with van der Waals surface area (Å²) >= 11 is 3.10. The van der Waals surface area contributed by atoms with Crippen molar-refractivity contribution in [3.05, 3.63) is 23.8 Å². The normalized spacial score (nSPS) is 18.4. The SMILES string of the molecule is C[C@@H]1Oc2ccc(C(=O)CBr)cc2NC1=O. The van der Waals surface area contributed by atoms with Gasteiger partial charge in [-0.1, -0.05) is 15.9 Å². The molecule has 1 aromatic carbocycles. The van der Waals surface area contributed by atoms with E-state index in [2.05, 4.69) is 21.2 Å². The molecule has 0 saturated heterocycles. The number of hydrogen-bond donors (Lipinski definition) is 1. The fourth-order valence-corrected chi connectivity index (χ4v) is 1.78. The summed E-state index contributed by atoms with van der Waals surface area (Å²) in [5.74, 6) is 0.366. The van der Waals surface area contributed by atoms with Gasteiger partial charge in [0, 0.05) is 5.56 Å². The molecule has 0 fully saturated rings. The Balaban J connectivity index is 2.36. The van der Waals surface area contributed by atoms with Crippen LogP contribution in [0.3, 0.4) is 0 Å². The van der Waals surface area contributed by atoms with Crippen molar-refractivity contribution in [1.29, 1.82) is 0 Å². The monoisotopic (exact) mass is 283 g/mol. The van der Waals surface area contributed by atoms with Crippen LogP contribution in [-0.2, 0) is 4.79 Å². The number of Topliss-reactive ketones (excluding diaryl/α,β-unsaturated/α-hetero) is 1. The molecule has 1 heterocycles. The zero-order valence-corrected chi connectivity index (χ0v) is 10.2. The maximum atomic E-state index is 11.4. The second-order valence-electron chi connectivity index (χ2n) is 3.52. The van der Waals surface area contributed by atoms with Gasteiger partial charge >= 0.3 is 0 Å². The summed E-state index contributed by atoms with van der Waals surface area (Å²) < 4.78 is 5.38. The Bertz CT molecular complexity index is 459. The highest BCUT2D eigenvalue weighted by Crippen LogP contribution is 2.30. The Morgan fingerprint density at radius 3 is 3.00 bits per heavy atom. The number of halogens is 1. The predicted molar refractivity (Wildman–Crippen MR) is 63.3 cm³/mol. The average molecular weight is 284 g/mol. The van der Waals surface area contributed by atoms with E-state index in [1.807, 2.05) is 0 Å². The van der Waals surface area contributed by atoms with Crippen LogP contribution in [-0.4, -0.2) is 23.1 Å². The zero-order valence-electron chi connectivity index (χ0n) is 8.62. The van der Waals surface area contributed by atoms with E-state index < -0.39 is 6.10 Å². The van der Waals surface area contributed by atoms with Crippen LogP contribution < -0.4 is 10.1 Å². The Morgan fingerprint density at radius 2 is 2.31 bits per heavy atom. The average Bonchev–Trinajstić information content (AvgIpc) is 2.29. The number of alkyl halides is 1.